The van der Waals surface area contributed by atoms with Crippen LogP contribution in [0.5, 0.6) is 0 Å². The Kier molecular flexibility index (Phi) is 9.34. The van der Waals surface area contributed by atoms with Crippen molar-refractivity contribution in [3.05, 3.63) is 40.2 Å². The van der Waals surface area contributed by atoms with Gasteiger partial charge in [-0.05, 0) is 64.7 Å². The number of carbonyl (C=O) groups excluding carboxylic acids is 1. The number of benzene rings is 1. The highest BCUT2D eigenvalue weighted by atomic mass is 32.1. The molecule has 2 aromatic rings. The van der Waals surface area contributed by atoms with Crippen molar-refractivity contribution < 1.29 is 22.7 Å². The monoisotopic (exact) mass is 511 g/mol. The van der Waals surface area contributed by atoms with Crippen molar-refractivity contribution in [2.45, 2.75) is 77.2 Å². The lowest BCUT2D eigenvalue weighted by Crippen LogP contribution is -2.46. The van der Waals surface area contributed by atoms with Crippen molar-refractivity contribution in [3.8, 4) is 11.3 Å². The molecule has 194 valence electrons. The molecule has 0 saturated carbocycles. The Labute approximate surface area is 210 Å². The number of hydrogen-bond donors (Lipinski definition) is 1. The fourth-order valence-corrected chi connectivity index (χ4v) is 5.31. The van der Waals surface area contributed by atoms with Crippen LogP contribution in [-0.2, 0) is 9.53 Å². The van der Waals surface area contributed by atoms with Crippen LogP contribution in [0, 0.1) is 5.92 Å². The molecule has 1 aliphatic heterocycles. The van der Waals surface area contributed by atoms with E-state index in [4.69, 9.17) is 9.72 Å². The Morgan fingerprint density at radius 1 is 1.17 bits per heavy atom. The van der Waals surface area contributed by atoms with E-state index in [1.807, 2.05) is 19.2 Å². The SMILES string of the molecule is CC(C)C[C@H](N[C@@H](c1ccc(-c2csc(C3CCN(C)CC3)n2)cc1)C(F)(F)F)C(=O)OC(C)C. The number of esters is 1. The number of aromatic nitrogens is 1. The molecule has 9 heteroatoms. The largest absolute Gasteiger partial charge is 0.462 e. The zero-order valence-corrected chi connectivity index (χ0v) is 21.9. The molecule has 1 saturated heterocycles. The Balaban J connectivity index is 1.78. The number of alkyl halides is 3. The number of likely N-dealkylation sites (tertiary alicyclic amines) is 1. The molecule has 5 nitrogen and oxygen atoms in total. The van der Waals surface area contributed by atoms with Crippen LogP contribution in [0.1, 0.15) is 69.5 Å². The summed E-state index contributed by atoms with van der Waals surface area (Å²) in [5.41, 5.74) is 1.62. The maximum absolute atomic E-state index is 14.1. The molecule has 2 heterocycles. The molecule has 1 aromatic carbocycles. The number of nitrogens with zero attached hydrogens (tertiary/aromatic N) is 2. The number of carbonyl (C=O) groups is 1. The van der Waals surface area contributed by atoms with Crippen LogP contribution in [0.4, 0.5) is 13.2 Å². The van der Waals surface area contributed by atoms with E-state index >= 15 is 0 Å². The van der Waals surface area contributed by atoms with E-state index in [1.165, 1.54) is 12.1 Å². The third-order valence-electron chi connectivity index (χ3n) is 6.17. The minimum Gasteiger partial charge on any atom is -0.462 e. The van der Waals surface area contributed by atoms with Crippen LogP contribution in [0.3, 0.4) is 0 Å². The normalized spacial score (nSPS) is 17.7. The van der Waals surface area contributed by atoms with Gasteiger partial charge in [-0.25, -0.2) is 4.98 Å². The summed E-state index contributed by atoms with van der Waals surface area (Å²) in [4.78, 5) is 19.6. The summed E-state index contributed by atoms with van der Waals surface area (Å²) in [7, 11) is 2.12. The summed E-state index contributed by atoms with van der Waals surface area (Å²) < 4.78 is 47.4. The van der Waals surface area contributed by atoms with E-state index in [9.17, 15) is 18.0 Å². The van der Waals surface area contributed by atoms with Crippen molar-refractivity contribution in [2.24, 2.45) is 5.92 Å². The number of rotatable bonds is 9. The molecule has 0 bridgehead atoms. The number of thiazole rings is 1. The molecule has 0 aliphatic carbocycles. The molecular weight excluding hydrogens is 475 g/mol. The number of ether oxygens (including phenoxy) is 1. The summed E-state index contributed by atoms with van der Waals surface area (Å²) in [6, 6.07) is 3.25. The number of hydrogen-bond acceptors (Lipinski definition) is 6. The highest BCUT2D eigenvalue weighted by Gasteiger charge is 2.43. The average molecular weight is 512 g/mol. The fourth-order valence-electron chi connectivity index (χ4n) is 4.31. The standard InChI is InChI=1S/C26H36F3N3O2S/c1-16(2)14-21(25(33)34-17(3)4)30-23(26(27,28)29)19-8-6-18(7-9-19)22-15-35-24(31-22)20-10-12-32(5)13-11-20/h6-9,15-17,20-21,23,30H,10-14H2,1-5H3/t21-,23-/m0/s1. The van der Waals surface area contributed by atoms with Gasteiger partial charge in [0.1, 0.15) is 12.1 Å². The van der Waals surface area contributed by atoms with Crippen molar-refractivity contribution in [1.29, 1.82) is 0 Å². The van der Waals surface area contributed by atoms with Crippen LogP contribution in [0.2, 0.25) is 0 Å². The average Bonchev–Trinajstić information content (AvgIpc) is 3.26. The van der Waals surface area contributed by atoms with Crippen LogP contribution in [0.25, 0.3) is 11.3 Å². The molecule has 0 unspecified atom stereocenters. The van der Waals surface area contributed by atoms with Gasteiger partial charge in [-0.15, -0.1) is 11.3 Å². The molecule has 0 spiro atoms. The maximum atomic E-state index is 14.1. The van der Waals surface area contributed by atoms with Gasteiger partial charge in [0, 0.05) is 16.9 Å². The molecule has 1 aliphatic rings. The Morgan fingerprint density at radius 3 is 2.34 bits per heavy atom. The van der Waals surface area contributed by atoms with Crippen LogP contribution >= 0.6 is 11.3 Å². The zero-order valence-electron chi connectivity index (χ0n) is 21.1. The predicted octanol–water partition coefficient (Wildman–Crippen LogP) is 6.18. The zero-order chi connectivity index (χ0) is 25.8. The van der Waals surface area contributed by atoms with Crippen molar-refractivity contribution in [2.75, 3.05) is 20.1 Å². The first-order chi connectivity index (χ1) is 16.4. The first kappa shape index (κ1) is 27.6. The molecule has 0 amide bonds. The quantitative estimate of drug-likeness (QED) is 0.408. The van der Waals surface area contributed by atoms with Gasteiger partial charge >= 0.3 is 12.1 Å². The minimum atomic E-state index is -4.57. The number of nitrogens with one attached hydrogen (secondary N) is 1. The first-order valence-electron chi connectivity index (χ1n) is 12.2. The smallest absolute Gasteiger partial charge is 0.407 e. The summed E-state index contributed by atoms with van der Waals surface area (Å²) >= 11 is 1.62. The molecule has 1 aromatic heterocycles. The first-order valence-corrected chi connectivity index (χ1v) is 13.1. The molecule has 1 fully saturated rings. The molecule has 3 rings (SSSR count). The summed E-state index contributed by atoms with van der Waals surface area (Å²) in [6.45, 7) is 9.18. The second kappa shape index (κ2) is 11.8. The lowest BCUT2D eigenvalue weighted by atomic mass is 9.98. The highest BCUT2D eigenvalue weighted by Crippen LogP contribution is 2.36. The van der Waals surface area contributed by atoms with Crippen molar-refractivity contribution in [1.82, 2.24) is 15.2 Å². The van der Waals surface area contributed by atoms with E-state index in [1.54, 1.807) is 37.3 Å². The lowest BCUT2D eigenvalue weighted by molar-refractivity contribution is -0.166. The predicted molar refractivity (Wildman–Crippen MR) is 133 cm³/mol. The van der Waals surface area contributed by atoms with E-state index < -0.39 is 30.3 Å². The Bertz CT molecular complexity index is 951. The van der Waals surface area contributed by atoms with Crippen LogP contribution in [-0.4, -0.2) is 54.3 Å². The summed E-state index contributed by atoms with van der Waals surface area (Å²) in [5, 5.41) is 5.60. The van der Waals surface area contributed by atoms with Gasteiger partial charge in [-0.1, -0.05) is 38.1 Å². The van der Waals surface area contributed by atoms with Gasteiger partial charge in [0.25, 0.3) is 0 Å². The number of piperidine rings is 1. The van der Waals surface area contributed by atoms with Gasteiger partial charge in [-0.3, -0.25) is 10.1 Å². The van der Waals surface area contributed by atoms with Gasteiger partial charge < -0.3 is 9.64 Å². The Hall–Kier alpha value is -1.97. The summed E-state index contributed by atoms with van der Waals surface area (Å²) in [6.07, 6.45) is -2.60. The molecule has 2 atom stereocenters. The van der Waals surface area contributed by atoms with Gasteiger partial charge in [0.2, 0.25) is 0 Å². The second-order valence-electron chi connectivity index (χ2n) is 10.1. The maximum Gasteiger partial charge on any atom is 0.407 e. The van der Waals surface area contributed by atoms with E-state index in [0.717, 1.165) is 42.2 Å². The van der Waals surface area contributed by atoms with Gasteiger partial charge in [0.05, 0.1) is 16.8 Å². The number of halogens is 3. The third kappa shape index (κ3) is 7.75. The van der Waals surface area contributed by atoms with Crippen molar-refractivity contribution in [3.63, 3.8) is 0 Å². The lowest BCUT2D eigenvalue weighted by Gasteiger charge is -2.28. The molecule has 0 radical (unpaired) electrons. The molecule has 35 heavy (non-hydrogen) atoms. The third-order valence-corrected chi connectivity index (χ3v) is 7.18. The molecular formula is C26H36F3N3O2S. The van der Waals surface area contributed by atoms with E-state index in [0.29, 0.717) is 5.92 Å². The van der Waals surface area contributed by atoms with Crippen LogP contribution < -0.4 is 5.32 Å². The van der Waals surface area contributed by atoms with Crippen molar-refractivity contribution >= 4 is 17.3 Å². The molecule has 1 N–H and O–H groups in total. The second-order valence-corrected chi connectivity index (χ2v) is 11.0. The van der Waals surface area contributed by atoms with Gasteiger partial charge in [0.15, 0.2) is 0 Å². The van der Waals surface area contributed by atoms with Gasteiger partial charge in [-0.2, -0.15) is 13.2 Å². The minimum absolute atomic E-state index is 0.0203. The Morgan fingerprint density at radius 2 is 1.80 bits per heavy atom. The topological polar surface area (TPSA) is 54.5 Å². The van der Waals surface area contributed by atoms with E-state index in [2.05, 4.69) is 17.3 Å². The highest BCUT2D eigenvalue weighted by molar-refractivity contribution is 7.10. The van der Waals surface area contributed by atoms with E-state index in [-0.39, 0.29) is 17.9 Å². The van der Waals surface area contributed by atoms with Crippen LogP contribution in [0.15, 0.2) is 29.6 Å². The summed E-state index contributed by atoms with van der Waals surface area (Å²) in [5.74, 6) is -0.207. The fraction of sp³-hybridized carbons (Fsp3) is 0.615.